The molecule has 3 aromatic rings. The number of aromatic amines is 1. The van der Waals surface area contributed by atoms with Gasteiger partial charge in [-0.05, 0) is 25.3 Å². The molecule has 1 fully saturated rings. The first-order valence-corrected chi connectivity index (χ1v) is 11.0. The molecule has 154 valence electrons. The van der Waals surface area contributed by atoms with E-state index in [4.69, 9.17) is 4.98 Å². The second kappa shape index (κ2) is 8.81. The maximum absolute atomic E-state index is 12.6. The van der Waals surface area contributed by atoms with Crippen LogP contribution in [0, 0.1) is 0 Å². The lowest BCUT2D eigenvalue weighted by molar-refractivity contribution is 0.661. The number of hydrogen-bond donors (Lipinski definition) is 1. The molecule has 0 saturated carbocycles. The second-order valence-electron chi connectivity index (χ2n) is 7.19. The molecular formula is C19H25N7O2S. The van der Waals surface area contributed by atoms with Crippen molar-refractivity contribution in [1.29, 1.82) is 0 Å². The van der Waals surface area contributed by atoms with Gasteiger partial charge in [0.15, 0.2) is 16.3 Å². The SMILES string of the molecule is Cn1c(=O)[nH]c(=O)c2c1nc(N1CCCCCC1)n2CCCSc1ncccn1. The zero-order valence-corrected chi connectivity index (χ0v) is 17.3. The summed E-state index contributed by atoms with van der Waals surface area (Å²) >= 11 is 1.59. The predicted octanol–water partition coefficient (Wildman–Crippen LogP) is 1.78. The van der Waals surface area contributed by atoms with Crippen LogP contribution in [0.5, 0.6) is 0 Å². The van der Waals surface area contributed by atoms with Gasteiger partial charge in [0.25, 0.3) is 5.56 Å². The van der Waals surface area contributed by atoms with Crippen molar-refractivity contribution in [2.75, 3.05) is 23.7 Å². The minimum Gasteiger partial charge on any atom is -0.342 e. The third-order valence-electron chi connectivity index (χ3n) is 5.18. The number of nitrogens with one attached hydrogen (secondary N) is 1. The molecule has 0 aromatic carbocycles. The Bertz CT molecular complexity index is 1080. The van der Waals surface area contributed by atoms with Crippen molar-refractivity contribution in [3.63, 3.8) is 0 Å². The standard InChI is InChI=1S/C19H25N7O2S/c1-24-15-14(16(27)23-19(24)28)26(12-7-13-29-17-20-8-6-9-21-17)18(22-15)25-10-4-2-3-5-11-25/h6,8-9H,2-5,7,10-13H2,1H3,(H,23,27,28). The smallest absolute Gasteiger partial charge is 0.329 e. The largest absolute Gasteiger partial charge is 0.342 e. The Labute approximate surface area is 172 Å². The van der Waals surface area contributed by atoms with Crippen LogP contribution in [0.2, 0.25) is 0 Å². The maximum atomic E-state index is 12.6. The molecule has 1 aliphatic rings. The number of rotatable bonds is 6. The number of H-pyrrole nitrogens is 1. The quantitative estimate of drug-likeness (QED) is 0.372. The minimum atomic E-state index is -0.439. The van der Waals surface area contributed by atoms with Crippen molar-refractivity contribution >= 4 is 28.9 Å². The first kappa shape index (κ1) is 19.7. The summed E-state index contributed by atoms with van der Waals surface area (Å²) in [5.74, 6) is 1.61. The number of aromatic nitrogens is 6. The first-order valence-electron chi connectivity index (χ1n) is 9.99. The Morgan fingerprint density at radius 2 is 1.83 bits per heavy atom. The van der Waals surface area contributed by atoms with Gasteiger partial charge in [0.2, 0.25) is 5.95 Å². The van der Waals surface area contributed by atoms with Gasteiger partial charge >= 0.3 is 5.69 Å². The fourth-order valence-corrected chi connectivity index (χ4v) is 4.42. The summed E-state index contributed by atoms with van der Waals surface area (Å²) in [7, 11) is 1.65. The molecule has 1 saturated heterocycles. The van der Waals surface area contributed by atoms with Gasteiger partial charge in [0, 0.05) is 44.8 Å². The molecule has 29 heavy (non-hydrogen) atoms. The summed E-state index contributed by atoms with van der Waals surface area (Å²) in [5.41, 5.74) is 0.0893. The molecule has 1 N–H and O–H groups in total. The lowest BCUT2D eigenvalue weighted by Gasteiger charge is -2.22. The fourth-order valence-electron chi connectivity index (χ4n) is 3.69. The highest BCUT2D eigenvalue weighted by Crippen LogP contribution is 2.23. The third-order valence-corrected chi connectivity index (χ3v) is 6.14. The number of anilines is 1. The van der Waals surface area contributed by atoms with Crippen LogP contribution in [-0.2, 0) is 13.6 Å². The first-order chi connectivity index (χ1) is 14.1. The van der Waals surface area contributed by atoms with Crippen LogP contribution in [-0.4, -0.2) is 47.9 Å². The van der Waals surface area contributed by atoms with E-state index < -0.39 is 5.69 Å². The molecule has 1 aliphatic heterocycles. The Balaban J connectivity index is 1.64. The maximum Gasteiger partial charge on any atom is 0.329 e. The Morgan fingerprint density at radius 1 is 1.10 bits per heavy atom. The molecule has 4 rings (SSSR count). The van der Waals surface area contributed by atoms with Gasteiger partial charge in [-0.1, -0.05) is 24.6 Å². The summed E-state index contributed by atoms with van der Waals surface area (Å²) in [4.78, 5) is 42.5. The van der Waals surface area contributed by atoms with Crippen LogP contribution < -0.4 is 16.1 Å². The summed E-state index contributed by atoms with van der Waals surface area (Å²) in [6.45, 7) is 2.48. The number of fused-ring (bicyclic) bond motifs is 1. The van der Waals surface area contributed by atoms with Gasteiger partial charge in [0.05, 0.1) is 0 Å². The molecule has 10 heteroatoms. The third kappa shape index (κ3) is 4.21. The number of aryl methyl sites for hydroxylation is 2. The number of nitrogens with zero attached hydrogens (tertiary/aromatic N) is 6. The molecule has 0 atom stereocenters. The zero-order chi connectivity index (χ0) is 20.2. The van der Waals surface area contributed by atoms with Crippen LogP contribution in [0.3, 0.4) is 0 Å². The van der Waals surface area contributed by atoms with Gasteiger partial charge in [0.1, 0.15) is 0 Å². The van der Waals surface area contributed by atoms with E-state index in [-0.39, 0.29) is 5.56 Å². The molecule has 3 aromatic heterocycles. The lowest BCUT2D eigenvalue weighted by atomic mass is 10.2. The Kier molecular flexibility index (Phi) is 5.98. The number of thioether (sulfide) groups is 1. The van der Waals surface area contributed by atoms with Gasteiger partial charge in [-0.25, -0.2) is 14.8 Å². The molecule has 0 spiro atoms. The molecule has 0 amide bonds. The normalized spacial score (nSPS) is 15.0. The van der Waals surface area contributed by atoms with E-state index in [0.717, 1.165) is 49.2 Å². The average Bonchev–Trinajstić information content (AvgIpc) is 2.91. The highest BCUT2D eigenvalue weighted by molar-refractivity contribution is 7.99. The van der Waals surface area contributed by atoms with Crippen LogP contribution >= 0.6 is 11.8 Å². The Morgan fingerprint density at radius 3 is 2.55 bits per heavy atom. The highest BCUT2D eigenvalue weighted by Gasteiger charge is 2.22. The minimum absolute atomic E-state index is 0.379. The number of hydrogen-bond acceptors (Lipinski definition) is 7. The van der Waals surface area contributed by atoms with E-state index in [0.29, 0.717) is 17.7 Å². The second-order valence-corrected chi connectivity index (χ2v) is 8.25. The van der Waals surface area contributed by atoms with E-state index >= 15 is 0 Å². The lowest BCUT2D eigenvalue weighted by Crippen LogP contribution is -2.30. The van der Waals surface area contributed by atoms with E-state index in [1.165, 1.54) is 17.4 Å². The molecule has 0 unspecified atom stereocenters. The van der Waals surface area contributed by atoms with E-state index in [9.17, 15) is 9.59 Å². The summed E-state index contributed by atoms with van der Waals surface area (Å²) < 4.78 is 3.40. The van der Waals surface area contributed by atoms with Crippen molar-refractivity contribution < 1.29 is 0 Å². The highest BCUT2D eigenvalue weighted by atomic mass is 32.2. The van der Waals surface area contributed by atoms with Crippen molar-refractivity contribution in [2.45, 2.75) is 43.8 Å². The Hall–Kier alpha value is -2.62. The van der Waals surface area contributed by atoms with Gasteiger partial charge < -0.3 is 9.47 Å². The van der Waals surface area contributed by atoms with E-state index in [1.54, 1.807) is 37.3 Å². The van der Waals surface area contributed by atoms with Crippen LogP contribution in [0.4, 0.5) is 5.95 Å². The van der Waals surface area contributed by atoms with Crippen LogP contribution in [0.15, 0.2) is 33.2 Å². The van der Waals surface area contributed by atoms with Crippen molar-refractivity contribution in [3.05, 3.63) is 39.3 Å². The van der Waals surface area contributed by atoms with Crippen LogP contribution in [0.1, 0.15) is 32.1 Å². The van der Waals surface area contributed by atoms with Crippen molar-refractivity contribution in [3.8, 4) is 0 Å². The molecule has 0 aliphatic carbocycles. The average molecular weight is 416 g/mol. The fraction of sp³-hybridized carbons (Fsp3) is 0.526. The van der Waals surface area contributed by atoms with Crippen LogP contribution in [0.25, 0.3) is 11.2 Å². The number of imidazole rings is 1. The summed E-state index contributed by atoms with van der Waals surface area (Å²) in [6.07, 6.45) is 8.94. The summed E-state index contributed by atoms with van der Waals surface area (Å²) in [5, 5.41) is 0.746. The summed E-state index contributed by atoms with van der Waals surface area (Å²) in [6, 6.07) is 1.80. The topological polar surface area (TPSA) is 102 Å². The molecular weight excluding hydrogens is 390 g/mol. The van der Waals surface area contributed by atoms with Gasteiger partial charge in [-0.15, -0.1) is 0 Å². The molecule has 9 nitrogen and oxygen atoms in total. The molecule has 4 heterocycles. The van der Waals surface area contributed by atoms with E-state index in [1.807, 2.05) is 4.57 Å². The van der Waals surface area contributed by atoms with Crippen molar-refractivity contribution in [1.82, 2.24) is 29.1 Å². The van der Waals surface area contributed by atoms with Crippen molar-refractivity contribution in [2.24, 2.45) is 7.05 Å². The van der Waals surface area contributed by atoms with Gasteiger partial charge in [-0.3, -0.25) is 14.3 Å². The van der Waals surface area contributed by atoms with Gasteiger partial charge in [-0.2, -0.15) is 4.98 Å². The molecule has 0 radical (unpaired) electrons. The predicted molar refractivity (Wildman–Crippen MR) is 114 cm³/mol. The molecule has 0 bridgehead atoms. The zero-order valence-electron chi connectivity index (χ0n) is 16.5. The monoisotopic (exact) mass is 415 g/mol. The van der Waals surface area contributed by atoms with E-state index in [2.05, 4.69) is 19.9 Å².